The van der Waals surface area contributed by atoms with E-state index in [1.807, 2.05) is 48.5 Å². The lowest BCUT2D eigenvalue weighted by molar-refractivity contribution is 1.15. The van der Waals surface area contributed by atoms with Crippen molar-refractivity contribution in [3.63, 3.8) is 0 Å². The van der Waals surface area contributed by atoms with E-state index in [0.29, 0.717) is 16.9 Å². The van der Waals surface area contributed by atoms with Gasteiger partial charge in [0.25, 0.3) is 0 Å². The molecule has 0 aliphatic carbocycles. The van der Waals surface area contributed by atoms with E-state index in [-0.39, 0.29) is 0 Å². The first-order chi connectivity index (χ1) is 28.1. The van der Waals surface area contributed by atoms with Crippen LogP contribution in [0.3, 0.4) is 0 Å². The monoisotopic (exact) mass is 724 g/mol. The third-order valence-electron chi connectivity index (χ3n) is 11.3. The number of rotatable bonds is 4. The summed E-state index contributed by atoms with van der Waals surface area (Å²) in [7, 11) is 0. The molecule has 0 saturated carbocycles. The van der Waals surface area contributed by atoms with Gasteiger partial charge in [-0.25, -0.2) is 9.69 Å². The predicted molar refractivity (Wildman–Crippen MR) is 232 cm³/mol. The number of benzene rings is 8. The largest absolute Gasteiger partial charge is 0.310 e. The van der Waals surface area contributed by atoms with Crippen LogP contribution in [-0.2, 0) is 0 Å². The van der Waals surface area contributed by atoms with E-state index in [1.165, 1.54) is 10.8 Å². The molecule has 11 aromatic rings. The maximum Gasteiger partial charge on any atom is 0.189 e. The van der Waals surface area contributed by atoms with Gasteiger partial charge in [0.05, 0.1) is 57.9 Å². The molecule has 0 aliphatic rings. The average molecular weight is 725 g/mol. The van der Waals surface area contributed by atoms with E-state index in [2.05, 4.69) is 151 Å². The molecule has 11 rings (SSSR count). The molecule has 8 aromatic carbocycles. The van der Waals surface area contributed by atoms with Crippen molar-refractivity contribution in [3.8, 4) is 34.3 Å². The van der Waals surface area contributed by atoms with Crippen LogP contribution in [0.25, 0.3) is 103 Å². The number of nitrogens with zero attached hydrogens (tertiary/aromatic N) is 6. The van der Waals surface area contributed by atoms with Crippen molar-refractivity contribution in [3.05, 3.63) is 198 Å². The van der Waals surface area contributed by atoms with Crippen molar-refractivity contribution in [2.75, 3.05) is 0 Å². The Balaban J connectivity index is 1.07. The van der Waals surface area contributed by atoms with E-state index in [0.717, 1.165) is 82.8 Å². The first kappa shape index (κ1) is 32.1. The second-order valence-corrected chi connectivity index (χ2v) is 14.3. The normalized spacial score (nSPS) is 11.5. The van der Waals surface area contributed by atoms with Crippen LogP contribution in [0.4, 0.5) is 11.4 Å². The second kappa shape index (κ2) is 12.3. The highest BCUT2D eigenvalue weighted by atomic mass is 15.0. The predicted octanol–water partition coefficient (Wildman–Crippen LogP) is 13.6. The highest BCUT2D eigenvalue weighted by Crippen LogP contribution is 2.40. The van der Waals surface area contributed by atoms with Crippen LogP contribution in [0, 0.1) is 24.5 Å². The van der Waals surface area contributed by atoms with Gasteiger partial charge in [-0.2, -0.15) is 5.26 Å². The molecule has 0 radical (unpaired) electrons. The molecule has 0 spiro atoms. The summed E-state index contributed by atoms with van der Waals surface area (Å²) < 4.78 is 6.80. The lowest BCUT2D eigenvalue weighted by atomic mass is 10.0. The quantitative estimate of drug-likeness (QED) is 0.167. The van der Waals surface area contributed by atoms with Crippen molar-refractivity contribution >= 4 is 76.8 Å². The maximum absolute atomic E-state index is 9.73. The molecule has 0 fully saturated rings. The molecule has 6 nitrogen and oxygen atoms in total. The molecule has 57 heavy (non-hydrogen) atoms. The van der Waals surface area contributed by atoms with Crippen LogP contribution < -0.4 is 0 Å². The molecule has 0 bridgehead atoms. The van der Waals surface area contributed by atoms with Gasteiger partial charge in [0.2, 0.25) is 0 Å². The lowest BCUT2D eigenvalue weighted by Crippen LogP contribution is -1.97. The fourth-order valence-electron chi connectivity index (χ4n) is 8.76. The summed E-state index contributed by atoms with van der Waals surface area (Å²) in [4.78, 5) is 7.59. The van der Waals surface area contributed by atoms with Gasteiger partial charge in [-0.3, -0.25) is 0 Å². The number of fused-ring (bicyclic) bond motifs is 9. The molecule has 0 aliphatic heterocycles. The number of nitriles is 1. The van der Waals surface area contributed by atoms with E-state index in [4.69, 9.17) is 13.1 Å². The summed E-state index contributed by atoms with van der Waals surface area (Å²) in [6.07, 6.45) is 0. The molecule has 0 amide bonds. The van der Waals surface area contributed by atoms with Gasteiger partial charge in [0.15, 0.2) is 11.4 Å². The molecule has 6 heteroatoms. The molecular formula is C51H28N6. The Morgan fingerprint density at radius 2 is 0.895 bits per heavy atom. The fourth-order valence-corrected chi connectivity index (χ4v) is 8.76. The molecule has 0 atom stereocenters. The van der Waals surface area contributed by atoms with Crippen molar-refractivity contribution in [2.24, 2.45) is 0 Å². The van der Waals surface area contributed by atoms with Crippen molar-refractivity contribution < 1.29 is 0 Å². The van der Waals surface area contributed by atoms with Crippen LogP contribution in [-0.4, -0.2) is 13.7 Å². The van der Waals surface area contributed by atoms with E-state index < -0.39 is 0 Å². The Bertz CT molecular complexity index is 3490. The summed E-state index contributed by atoms with van der Waals surface area (Å²) in [5.74, 6) is 0. The second-order valence-electron chi connectivity index (χ2n) is 14.3. The number of aromatic nitrogens is 3. The lowest BCUT2D eigenvalue weighted by Gasteiger charge is -2.13. The van der Waals surface area contributed by atoms with Crippen molar-refractivity contribution in [2.45, 2.75) is 0 Å². The Kier molecular flexibility index (Phi) is 6.95. The minimum absolute atomic E-state index is 0.562. The minimum Gasteiger partial charge on any atom is -0.310 e. The minimum atomic E-state index is 0.562. The van der Waals surface area contributed by atoms with Gasteiger partial charge in [0.1, 0.15) is 0 Å². The van der Waals surface area contributed by atoms with E-state index >= 15 is 0 Å². The van der Waals surface area contributed by atoms with Gasteiger partial charge >= 0.3 is 0 Å². The fraction of sp³-hybridized carbons (Fsp3) is 0. The maximum atomic E-state index is 9.73. The van der Waals surface area contributed by atoms with Gasteiger partial charge in [-0.05, 0) is 108 Å². The molecule has 0 saturated heterocycles. The summed E-state index contributed by atoms with van der Waals surface area (Å²) in [5.41, 5.74) is 13.0. The molecule has 262 valence electrons. The van der Waals surface area contributed by atoms with Crippen molar-refractivity contribution in [1.29, 1.82) is 5.26 Å². The zero-order chi connectivity index (χ0) is 38.2. The molecule has 0 unspecified atom stereocenters. The summed E-state index contributed by atoms with van der Waals surface area (Å²) in [5, 5.41) is 16.3. The van der Waals surface area contributed by atoms with Gasteiger partial charge in [-0.15, -0.1) is 0 Å². The Morgan fingerprint density at radius 1 is 0.368 bits per heavy atom. The number of hydrogen-bond donors (Lipinski definition) is 0. The Labute approximate surface area is 327 Å². The molecular weight excluding hydrogens is 697 g/mol. The van der Waals surface area contributed by atoms with Crippen LogP contribution in [0.5, 0.6) is 0 Å². The first-order valence-electron chi connectivity index (χ1n) is 18.6. The number of hydrogen-bond acceptors (Lipinski definition) is 1. The summed E-state index contributed by atoms with van der Waals surface area (Å²) in [6.45, 7) is 15.7. The molecule has 3 aromatic heterocycles. The standard InChI is InChI=1S/C51H28N6/c1-53-35-18-24-50-45(29-35)44-25-32(31-52)15-23-49(44)56(50)38-21-22-43-42-11-5-6-12-46(42)55(51(43)30-38)37-19-16-33(17-20-37)34-26-36(54-2)28-39(27-34)57-47-13-7-3-9-40(47)41-10-4-8-14-48(41)57/h3-30H. The SMILES string of the molecule is [C-]#[N+]c1cc(-c2ccc(-n3c4ccccc4c4ccc(-n5c6ccc(C#N)cc6c6cc([N+]#[C-])ccc65)cc43)cc2)cc(-n2c3ccccc3c3ccccc32)c1. The number of para-hydroxylation sites is 3. The highest BCUT2D eigenvalue weighted by molar-refractivity contribution is 6.13. The average Bonchev–Trinajstić information content (AvgIpc) is 3.91. The van der Waals surface area contributed by atoms with Crippen molar-refractivity contribution in [1.82, 2.24) is 13.7 Å². The molecule has 3 heterocycles. The summed E-state index contributed by atoms with van der Waals surface area (Å²) in [6, 6.07) is 60.5. The Hall–Kier alpha value is -8.37. The Morgan fingerprint density at radius 3 is 1.53 bits per heavy atom. The van der Waals surface area contributed by atoms with E-state index in [9.17, 15) is 5.26 Å². The first-order valence-corrected chi connectivity index (χ1v) is 18.6. The topological polar surface area (TPSA) is 47.3 Å². The van der Waals surface area contributed by atoms with Crippen LogP contribution in [0.15, 0.2) is 170 Å². The van der Waals surface area contributed by atoms with Crippen LogP contribution >= 0.6 is 0 Å². The highest BCUT2D eigenvalue weighted by Gasteiger charge is 2.18. The third-order valence-corrected chi connectivity index (χ3v) is 11.3. The zero-order valence-corrected chi connectivity index (χ0v) is 30.3. The zero-order valence-electron chi connectivity index (χ0n) is 30.3. The van der Waals surface area contributed by atoms with Gasteiger partial charge in [0, 0.05) is 44.0 Å². The van der Waals surface area contributed by atoms with Crippen LogP contribution in [0.1, 0.15) is 5.56 Å². The van der Waals surface area contributed by atoms with Gasteiger partial charge in [-0.1, -0.05) is 78.9 Å². The third kappa shape index (κ3) is 4.81. The van der Waals surface area contributed by atoms with E-state index in [1.54, 1.807) is 0 Å². The van der Waals surface area contributed by atoms with Gasteiger partial charge < -0.3 is 13.7 Å². The summed E-state index contributed by atoms with van der Waals surface area (Å²) >= 11 is 0. The molecule has 0 N–H and O–H groups in total. The van der Waals surface area contributed by atoms with Crippen LogP contribution in [0.2, 0.25) is 0 Å². The smallest absolute Gasteiger partial charge is 0.189 e.